The van der Waals surface area contributed by atoms with Gasteiger partial charge in [-0.2, -0.15) is 0 Å². The van der Waals surface area contributed by atoms with Crippen LogP contribution in [0.2, 0.25) is 0 Å². The third-order valence-electron chi connectivity index (χ3n) is 2.00. The summed E-state index contributed by atoms with van der Waals surface area (Å²) >= 11 is 0. The van der Waals surface area contributed by atoms with Crippen molar-refractivity contribution in [1.82, 2.24) is 5.09 Å². The highest BCUT2D eigenvalue weighted by Crippen LogP contribution is 2.20. The fraction of sp³-hybridized carbons (Fsp3) is 1.00. The van der Waals surface area contributed by atoms with Crippen molar-refractivity contribution in [3.63, 3.8) is 0 Å². The van der Waals surface area contributed by atoms with Gasteiger partial charge in [0.15, 0.2) is 14.7 Å². The Bertz CT molecular complexity index is 172. The molecule has 0 aromatic heterocycles. The Morgan fingerprint density at radius 2 is 2.07 bits per heavy atom. The summed E-state index contributed by atoms with van der Waals surface area (Å²) < 4.78 is 4.95. The normalized spacial score (nSPS) is 40.9. The lowest BCUT2D eigenvalue weighted by atomic mass is 10.0. The first kappa shape index (κ1) is 12.2. The maximum Gasteiger partial charge on any atom is 0.183 e. The van der Waals surface area contributed by atoms with Crippen LogP contribution in [0, 0.1) is 0 Å². The Balaban J connectivity index is 2.34. The fourth-order valence-corrected chi connectivity index (χ4v) is 1.65. The molecule has 14 heavy (non-hydrogen) atoms. The van der Waals surface area contributed by atoms with Gasteiger partial charge in [-0.1, -0.05) is 0 Å². The quantitative estimate of drug-likeness (QED) is 0.295. The zero-order chi connectivity index (χ0) is 10.7. The molecule has 1 rings (SSSR count). The second-order valence-corrected chi connectivity index (χ2v) is 4.15. The van der Waals surface area contributed by atoms with Crippen LogP contribution in [0.4, 0.5) is 0 Å². The highest BCUT2D eigenvalue weighted by molar-refractivity contribution is 7.46. The number of nitrogens with two attached hydrogens (primary N) is 1. The fourth-order valence-electron chi connectivity index (χ4n) is 1.26. The number of rotatable bonds is 3. The first-order valence-electron chi connectivity index (χ1n) is 4.17. The Hall–Kier alpha value is 0.150. The molecule has 0 bridgehead atoms. The van der Waals surface area contributed by atoms with Crippen molar-refractivity contribution < 1.29 is 24.9 Å². The highest BCUT2D eigenvalue weighted by Gasteiger charge is 2.35. The maximum atomic E-state index is 9.28. The summed E-state index contributed by atoms with van der Waals surface area (Å²) in [5, 5.41) is 30.1. The molecule has 8 heteroatoms. The van der Waals surface area contributed by atoms with E-state index in [1.165, 1.54) is 0 Å². The molecule has 0 saturated carbocycles. The molecule has 1 aliphatic heterocycles. The minimum Gasteiger partial charge on any atom is -0.390 e. The van der Waals surface area contributed by atoms with E-state index < -0.39 is 33.1 Å². The van der Waals surface area contributed by atoms with Crippen LogP contribution in [0.5, 0.6) is 0 Å². The van der Waals surface area contributed by atoms with Crippen LogP contribution in [0.25, 0.3) is 0 Å². The smallest absolute Gasteiger partial charge is 0.183 e. The van der Waals surface area contributed by atoms with Gasteiger partial charge in [-0.15, -0.1) is 0 Å². The maximum absolute atomic E-state index is 9.28. The summed E-state index contributed by atoms with van der Waals surface area (Å²) in [6, 6.07) is 0. The Kier molecular flexibility index (Phi) is 4.62. The molecule has 0 spiro atoms. The summed E-state index contributed by atoms with van der Waals surface area (Å²) in [4.78, 5) is 8.77. The molecule has 1 saturated heterocycles. The topological polar surface area (TPSA) is 128 Å². The lowest BCUT2D eigenvalue weighted by molar-refractivity contribution is -0.244. The number of aliphatic hydroxyl groups excluding tert-OH is 3. The van der Waals surface area contributed by atoms with Gasteiger partial charge in [0.2, 0.25) is 0 Å². The third kappa shape index (κ3) is 3.38. The molecule has 1 heterocycles. The van der Waals surface area contributed by atoms with E-state index in [1.807, 2.05) is 0 Å². The first-order chi connectivity index (χ1) is 6.50. The zero-order valence-electron chi connectivity index (χ0n) is 7.45. The van der Waals surface area contributed by atoms with Crippen LogP contribution in [0.15, 0.2) is 0 Å². The number of ether oxygens (including phenoxy) is 1. The van der Waals surface area contributed by atoms with E-state index in [2.05, 4.69) is 5.09 Å². The van der Waals surface area contributed by atoms with E-state index >= 15 is 0 Å². The van der Waals surface area contributed by atoms with Gasteiger partial charge in [-0.05, 0) is 0 Å². The average Bonchev–Trinajstić information content (AvgIpc) is 2.10. The molecule has 0 aliphatic carbocycles. The lowest BCUT2D eigenvalue weighted by Gasteiger charge is -2.34. The Morgan fingerprint density at radius 1 is 1.43 bits per heavy atom. The minimum atomic E-state index is -1.72. The van der Waals surface area contributed by atoms with Crippen molar-refractivity contribution in [3.8, 4) is 0 Å². The van der Waals surface area contributed by atoms with Crippen LogP contribution in [0.3, 0.4) is 0 Å². The molecule has 7 nitrogen and oxygen atoms in total. The van der Waals surface area contributed by atoms with Crippen LogP contribution < -0.4 is 10.6 Å². The second-order valence-electron chi connectivity index (χ2n) is 3.15. The molecule has 7 N–H and O–H groups in total. The number of nitrogens with one attached hydrogen (secondary N) is 1. The predicted octanol–water partition coefficient (Wildman–Crippen LogP) is -2.42. The molecular weight excluding hydrogens is 211 g/mol. The van der Waals surface area contributed by atoms with E-state index in [-0.39, 0.29) is 13.0 Å². The van der Waals surface area contributed by atoms with E-state index in [9.17, 15) is 5.11 Å². The summed E-state index contributed by atoms with van der Waals surface area (Å²) in [6.07, 6.45) is -3.97. The molecule has 0 amide bonds. The van der Waals surface area contributed by atoms with E-state index in [0.717, 1.165) is 0 Å². The van der Waals surface area contributed by atoms with Crippen LogP contribution in [-0.4, -0.2) is 51.4 Å². The summed E-state index contributed by atoms with van der Waals surface area (Å²) in [6.45, 7) is 0.222. The molecule has 1 fully saturated rings. The monoisotopic (exact) mass is 226 g/mol. The Labute approximate surface area is 82.4 Å². The predicted molar refractivity (Wildman–Crippen MR) is 48.8 cm³/mol. The number of aliphatic hydroxyl groups is 3. The molecule has 0 aromatic rings. The van der Waals surface area contributed by atoms with Crippen LogP contribution >= 0.6 is 8.45 Å². The molecule has 0 radical (unpaired) electrons. The average molecular weight is 226 g/mol. The van der Waals surface area contributed by atoms with E-state index in [4.69, 9.17) is 25.3 Å². The lowest BCUT2D eigenvalue weighted by Crippen LogP contribution is -2.50. The summed E-state index contributed by atoms with van der Waals surface area (Å²) in [5.41, 5.74) is 5.09. The third-order valence-corrected chi connectivity index (χ3v) is 2.51. The van der Waals surface area contributed by atoms with Gasteiger partial charge in [-0.3, -0.25) is 10.6 Å². The van der Waals surface area contributed by atoms with Crippen LogP contribution in [0.1, 0.15) is 6.42 Å². The molecule has 0 aromatic carbocycles. The van der Waals surface area contributed by atoms with Crippen molar-refractivity contribution in [2.45, 2.75) is 31.0 Å². The van der Waals surface area contributed by atoms with Gasteiger partial charge < -0.3 is 24.9 Å². The molecule has 5 atom stereocenters. The first-order valence-corrected chi connectivity index (χ1v) is 5.54. The van der Waals surface area contributed by atoms with Gasteiger partial charge >= 0.3 is 0 Å². The van der Waals surface area contributed by atoms with E-state index in [1.54, 1.807) is 0 Å². The van der Waals surface area contributed by atoms with Gasteiger partial charge in [-0.25, -0.2) is 0 Å². The van der Waals surface area contributed by atoms with E-state index in [0.29, 0.717) is 0 Å². The van der Waals surface area contributed by atoms with Gasteiger partial charge in [0, 0.05) is 13.0 Å². The zero-order valence-corrected chi connectivity index (χ0v) is 8.34. The standard InChI is InChI=1S/C6H15N2O5P/c7-14(12)8-2-3-1-4(9)5(10)6(11)13-3/h3-6,8-12H,1-2,7H2. The number of hydrogen-bond acceptors (Lipinski definition) is 7. The van der Waals surface area contributed by atoms with Crippen LogP contribution in [-0.2, 0) is 4.74 Å². The molecule has 1 aliphatic rings. The second kappa shape index (κ2) is 5.29. The van der Waals surface area contributed by atoms with Crippen molar-refractivity contribution in [2.75, 3.05) is 6.54 Å². The molecular formula is C6H15N2O5P. The molecule has 5 unspecified atom stereocenters. The largest absolute Gasteiger partial charge is 0.390 e. The SMILES string of the molecule is NP(O)NCC1CC(O)C(O)C(O)O1. The van der Waals surface area contributed by atoms with Gasteiger partial charge in [0.25, 0.3) is 0 Å². The van der Waals surface area contributed by atoms with Gasteiger partial charge in [0.1, 0.15) is 6.10 Å². The van der Waals surface area contributed by atoms with Gasteiger partial charge in [0.05, 0.1) is 12.2 Å². The minimum absolute atomic E-state index is 0.189. The molecule has 84 valence electrons. The Morgan fingerprint density at radius 3 is 2.57 bits per heavy atom. The van der Waals surface area contributed by atoms with Crippen molar-refractivity contribution >= 4 is 8.45 Å². The summed E-state index contributed by atoms with van der Waals surface area (Å²) in [5.74, 6) is 0. The summed E-state index contributed by atoms with van der Waals surface area (Å²) in [7, 11) is -1.72. The van der Waals surface area contributed by atoms with Crippen molar-refractivity contribution in [1.29, 1.82) is 0 Å². The number of hydrogen-bond donors (Lipinski definition) is 6. The van der Waals surface area contributed by atoms with Crippen molar-refractivity contribution in [2.24, 2.45) is 5.50 Å². The highest BCUT2D eigenvalue weighted by atomic mass is 31.2. The van der Waals surface area contributed by atoms with Crippen molar-refractivity contribution in [3.05, 3.63) is 0 Å².